The first-order valence-electron chi connectivity index (χ1n) is 9.94. The molecule has 0 saturated carbocycles. The Bertz CT molecular complexity index is 968. The third-order valence-corrected chi connectivity index (χ3v) is 7.27. The summed E-state index contributed by atoms with van der Waals surface area (Å²) in [5.74, 6) is 0.486. The Hall–Kier alpha value is -2.68. The average Bonchev–Trinajstić information content (AvgIpc) is 2.74. The van der Waals surface area contributed by atoms with E-state index in [4.69, 9.17) is 9.47 Å². The highest BCUT2D eigenvalue weighted by Crippen LogP contribution is 2.20. The second-order valence-corrected chi connectivity index (χ2v) is 10.00. The summed E-state index contributed by atoms with van der Waals surface area (Å²) in [5.41, 5.74) is 0.800. The van der Waals surface area contributed by atoms with Gasteiger partial charge >= 0.3 is 6.01 Å². The molecule has 1 fully saturated rings. The van der Waals surface area contributed by atoms with Crippen molar-refractivity contribution in [3.05, 3.63) is 42.1 Å². The fraction of sp³-hybridized carbons (Fsp3) is 0.476. The number of ether oxygens (including phenoxy) is 2. The van der Waals surface area contributed by atoms with Gasteiger partial charge in [0, 0.05) is 38.2 Å². The Morgan fingerprint density at radius 2 is 1.83 bits per heavy atom. The quantitative estimate of drug-likeness (QED) is 0.660. The van der Waals surface area contributed by atoms with Gasteiger partial charge in [0.2, 0.25) is 11.8 Å². The van der Waals surface area contributed by atoms with Crippen LogP contribution >= 0.6 is 0 Å². The lowest BCUT2D eigenvalue weighted by molar-refractivity contribution is -0.132. The Kier molecular flexibility index (Phi) is 6.91. The third kappa shape index (κ3) is 5.27. The van der Waals surface area contributed by atoms with Crippen LogP contribution in [0.4, 0.5) is 0 Å². The number of amides is 1. The molecular weight excluding hydrogens is 406 g/mol. The van der Waals surface area contributed by atoms with E-state index in [0.717, 1.165) is 5.56 Å². The minimum Gasteiger partial charge on any atom is -0.474 e. The minimum atomic E-state index is -3.31. The van der Waals surface area contributed by atoms with Gasteiger partial charge in [0.1, 0.15) is 6.10 Å². The van der Waals surface area contributed by atoms with Crippen LogP contribution in [-0.2, 0) is 21.1 Å². The van der Waals surface area contributed by atoms with Crippen molar-refractivity contribution in [3.63, 3.8) is 0 Å². The lowest BCUT2D eigenvalue weighted by Crippen LogP contribution is -2.42. The number of carbonyl (C=O) groups excluding carboxylic acids is 1. The van der Waals surface area contributed by atoms with Crippen molar-refractivity contribution in [3.8, 4) is 11.9 Å². The maximum Gasteiger partial charge on any atom is 0.319 e. The fourth-order valence-corrected chi connectivity index (χ4v) is 4.30. The number of rotatable bonds is 7. The molecule has 1 saturated heterocycles. The minimum absolute atomic E-state index is 0.0193. The molecule has 1 aliphatic heterocycles. The molecule has 2 aromatic rings. The van der Waals surface area contributed by atoms with Gasteiger partial charge in [-0.05, 0) is 31.5 Å². The van der Waals surface area contributed by atoms with Gasteiger partial charge in [-0.3, -0.25) is 4.79 Å². The van der Waals surface area contributed by atoms with Crippen molar-refractivity contribution in [1.82, 2.24) is 14.9 Å². The molecule has 162 valence electrons. The monoisotopic (exact) mass is 433 g/mol. The molecule has 2 heterocycles. The number of aromatic nitrogens is 2. The lowest BCUT2D eigenvalue weighted by atomic mass is 10.1. The SMILES string of the molecule is COc1nccc(OC2CCN(C(=O)Cc3ccc(S(=O)(=O)C(C)C)cc3)CC2)n1. The highest BCUT2D eigenvalue weighted by atomic mass is 32.2. The number of methoxy groups -OCH3 is 1. The molecule has 0 bridgehead atoms. The summed E-state index contributed by atoms with van der Waals surface area (Å²) in [4.78, 5) is 22.8. The number of piperidine rings is 1. The lowest BCUT2D eigenvalue weighted by Gasteiger charge is -2.32. The van der Waals surface area contributed by atoms with E-state index in [9.17, 15) is 13.2 Å². The molecule has 0 unspecified atom stereocenters. The second-order valence-electron chi connectivity index (χ2n) is 7.49. The normalized spacial score (nSPS) is 15.3. The van der Waals surface area contributed by atoms with Gasteiger partial charge < -0.3 is 14.4 Å². The number of benzene rings is 1. The Morgan fingerprint density at radius 1 is 1.17 bits per heavy atom. The predicted molar refractivity (Wildman–Crippen MR) is 111 cm³/mol. The van der Waals surface area contributed by atoms with E-state index in [-0.39, 0.29) is 29.3 Å². The van der Waals surface area contributed by atoms with E-state index < -0.39 is 15.1 Å². The van der Waals surface area contributed by atoms with Crippen LogP contribution in [0.5, 0.6) is 11.9 Å². The van der Waals surface area contributed by atoms with Crippen LogP contribution in [0, 0.1) is 0 Å². The van der Waals surface area contributed by atoms with E-state index in [1.807, 2.05) is 4.90 Å². The fourth-order valence-electron chi connectivity index (χ4n) is 3.24. The van der Waals surface area contributed by atoms with Crippen LogP contribution in [0.15, 0.2) is 41.4 Å². The molecule has 3 rings (SSSR count). The maximum atomic E-state index is 12.6. The zero-order valence-corrected chi connectivity index (χ0v) is 18.3. The molecule has 1 aromatic heterocycles. The molecule has 1 aromatic carbocycles. The van der Waals surface area contributed by atoms with Crippen molar-refractivity contribution in [2.24, 2.45) is 0 Å². The predicted octanol–water partition coefficient (Wildman–Crippen LogP) is 2.28. The molecule has 30 heavy (non-hydrogen) atoms. The van der Waals surface area contributed by atoms with Crippen LogP contribution in [0.1, 0.15) is 32.3 Å². The summed E-state index contributed by atoms with van der Waals surface area (Å²) in [7, 11) is -1.81. The summed E-state index contributed by atoms with van der Waals surface area (Å²) in [5, 5.41) is -0.475. The first-order valence-corrected chi connectivity index (χ1v) is 11.5. The maximum absolute atomic E-state index is 12.6. The molecule has 1 amide bonds. The Labute approximate surface area is 177 Å². The zero-order valence-electron chi connectivity index (χ0n) is 17.4. The highest BCUT2D eigenvalue weighted by molar-refractivity contribution is 7.92. The van der Waals surface area contributed by atoms with Crippen molar-refractivity contribution in [2.75, 3.05) is 20.2 Å². The molecule has 0 N–H and O–H groups in total. The van der Waals surface area contributed by atoms with Crippen LogP contribution < -0.4 is 9.47 Å². The number of sulfone groups is 1. The molecular formula is C21H27N3O5S. The summed E-state index contributed by atoms with van der Waals surface area (Å²) in [6.45, 7) is 4.51. The van der Waals surface area contributed by atoms with E-state index >= 15 is 0 Å². The standard InChI is InChI=1S/C21H27N3O5S/c1-15(2)30(26,27)18-6-4-16(5-7-18)14-20(25)24-12-9-17(10-13-24)29-19-8-11-22-21(23-19)28-3/h4-8,11,15,17H,9-10,12-14H2,1-3H3. The Morgan fingerprint density at radius 3 is 2.43 bits per heavy atom. The van der Waals surface area contributed by atoms with E-state index in [1.54, 1.807) is 50.4 Å². The average molecular weight is 434 g/mol. The summed E-state index contributed by atoms with van der Waals surface area (Å²) in [6, 6.07) is 8.52. The molecule has 0 atom stereocenters. The van der Waals surface area contributed by atoms with Crippen LogP contribution in [0.3, 0.4) is 0 Å². The van der Waals surface area contributed by atoms with Crippen LogP contribution in [-0.4, -0.2) is 60.7 Å². The first kappa shape index (κ1) is 22.0. The first-order chi connectivity index (χ1) is 14.3. The Balaban J connectivity index is 1.51. The van der Waals surface area contributed by atoms with E-state index in [0.29, 0.717) is 31.8 Å². The van der Waals surface area contributed by atoms with Crippen molar-refractivity contribution < 1.29 is 22.7 Å². The van der Waals surface area contributed by atoms with E-state index in [1.165, 1.54) is 7.11 Å². The zero-order chi connectivity index (χ0) is 21.7. The number of hydrogen-bond donors (Lipinski definition) is 0. The van der Waals surface area contributed by atoms with Gasteiger partial charge in [0.05, 0.1) is 23.7 Å². The molecule has 0 spiro atoms. The van der Waals surface area contributed by atoms with Crippen LogP contribution in [0.25, 0.3) is 0 Å². The van der Waals surface area contributed by atoms with Gasteiger partial charge in [-0.25, -0.2) is 13.4 Å². The van der Waals surface area contributed by atoms with Gasteiger partial charge in [0.25, 0.3) is 0 Å². The van der Waals surface area contributed by atoms with Gasteiger partial charge in [-0.1, -0.05) is 12.1 Å². The number of carbonyl (C=O) groups is 1. The van der Waals surface area contributed by atoms with Crippen molar-refractivity contribution >= 4 is 15.7 Å². The van der Waals surface area contributed by atoms with E-state index in [2.05, 4.69) is 9.97 Å². The second kappa shape index (κ2) is 9.42. The molecule has 8 nitrogen and oxygen atoms in total. The molecule has 0 radical (unpaired) electrons. The smallest absolute Gasteiger partial charge is 0.319 e. The summed E-state index contributed by atoms with van der Waals surface area (Å²) in [6.07, 6.45) is 3.23. The number of hydrogen-bond acceptors (Lipinski definition) is 7. The van der Waals surface area contributed by atoms with Crippen molar-refractivity contribution in [1.29, 1.82) is 0 Å². The molecule has 0 aliphatic carbocycles. The van der Waals surface area contributed by atoms with Gasteiger partial charge in [0.15, 0.2) is 9.84 Å². The summed E-state index contributed by atoms with van der Waals surface area (Å²) < 4.78 is 35.3. The molecule has 9 heteroatoms. The number of likely N-dealkylation sites (tertiary alicyclic amines) is 1. The third-order valence-electron chi connectivity index (χ3n) is 5.10. The largest absolute Gasteiger partial charge is 0.474 e. The van der Waals surface area contributed by atoms with Gasteiger partial charge in [-0.2, -0.15) is 4.98 Å². The topological polar surface area (TPSA) is 98.7 Å². The molecule has 1 aliphatic rings. The van der Waals surface area contributed by atoms with Crippen molar-refractivity contribution in [2.45, 2.75) is 49.4 Å². The highest BCUT2D eigenvalue weighted by Gasteiger charge is 2.25. The summed E-state index contributed by atoms with van der Waals surface area (Å²) >= 11 is 0. The van der Waals surface area contributed by atoms with Gasteiger partial charge in [-0.15, -0.1) is 0 Å². The number of nitrogens with zero attached hydrogens (tertiary/aromatic N) is 3. The van der Waals surface area contributed by atoms with Crippen LogP contribution in [0.2, 0.25) is 0 Å².